The highest BCUT2D eigenvalue weighted by Crippen LogP contribution is 2.31. The predicted molar refractivity (Wildman–Crippen MR) is 127 cm³/mol. The Hall–Kier alpha value is -2.36. The third-order valence-electron chi connectivity index (χ3n) is 4.31. The molecule has 0 aliphatic rings. The van der Waals surface area contributed by atoms with Gasteiger partial charge in [0, 0.05) is 11.4 Å². The van der Waals surface area contributed by atoms with Crippen molar-refractivity contribution in [1.82, 2.24) is 10.2 Å². The predicted octanol–water partition coefficient (Wildman–Crippen LogP) is 5.47. The second-order valence-electron chi connectivity index (χ2n) is 6.92. The number of carbonyl (C=O) groups excluding carboxylic acids is 2. The van der Waals surface area contributed by atoms with Crippen molar-refractivity contribution >= 4 is 52.4 Å². The van der Waals surface area contributed by atoms with Crippen molar-refractivity contribution < 1.29 is 14.3 Å². The number of rotatable bonds is 9. The van der Waals surface area contributed by atoms with E-state index in [2.05, 4.69) is 58.4 Å². The average molecular weight is 474 g/mol. The molecule has 0 aliphatic heterocycles. The number of nitrogens with one attached hydrogen (secondary N) is 1. The van der Waals surface area contributed by atoms with E-state index in [-0.39, 0.29) is 11.7 Å². The van der Waals surface area contributed by atoms with E-state index >= 15 is 0 Å². The number of anilines is 1. The van der Waals surface area contributed by atoms with Gasteiger partial charge in [-0.3, -0.25) is 4.79 Å². The maximum atomic E-state index is 12.2. The molecule has 1 amide bonds. The molecule has 1 aromatic heterocycles. The highest BCUT2D eigenvalue weighted by molar-refractivity contribution is 8.03. The molecule has 31 heavy (non-hydrogen) atoms. The van der Waals surface area contributed by atoms with Gasteiger partial charge in [0.1, 0.15) is 0 Å². The Bertz CT molecular complexity index is 1020. The fourth-order valence-electron chi connectivity index (χ4n) is 2.59. The fourth-order valence-corrected chi connectivity index (χ4v) is 5.37. The molecule has 6 nitrogen and oxygen atoms in total. The first-order chi connectivity index (χ1) is 14.9. The highest BCUT2D eigenvalue weighted by atomic mass is 32.2. The lowest BCUT2D eigenvalue weighted by Crippen LogP contribution is -2.14. The van der Waals surface area contributed by atoms with Gasteiger partial charge in [0.2, 0.25) is 5.91 Å². The Morgan fingerprint density at radius 2 is 1.65 bits per heavy atom. The quantitative estimate of drug-likeness (QED) is 0.326. The molecule has 0 atom stereocenters. The van der Waals surface area contributed by atoms with Gasteiger partial charge >= 0.3 is 5.97 Å². The van der Waals surface area contributed by atoms with Crippen LogP contribution in [0.5, 0.6) is 0 Å². The number of benzene rings is 2. The van der Waals surface area contributed by atoms with Crippen molar-refractivity contribution in [2.24, 2.45) is 0 Å². The zero-order chi connectivity index (χ0) is 22.2. The summed E-state index contributed by atoms with van der Waals surface area (Å²) >= 11 is 4.49. The third-order valence-corrected chi connectivity index (χ3v) is 7.57. The lowest BCUT2D eigenvalue weighted by Gasteiger charge is -2.06. The number of amides is 1. The van der Waals surface area contributed by atoms with E-state index in [9.17, 15) is 9.59 Å². The molecule has 3 aromatic rings. The smallest absolute Gasteiger partial charge is 0.337 e. The van der Waals surface area contributed by atoms with Crippen LogP contribution in [0.2, 0.25) is 0 Å². The Labute approximate surface area is 194 Å². The number of hydrogen-bond donors (Lipinski definition) is 1. The van der Waals surface area contributed by atoms with Crippen molar-refractivity contribution in [3.8, 4) is 0 Å². The van der Waals surface area contributed by atoms with Crippen molar-refractivity contribution in [3.05, 3.63) is 65.2 Å². The Kier molecular flexibility index (Phi) is 8.51. The molecule has 0 aliphatic carbocycles. The molecule has 0 spiro atoms. The molecule has 1 heterocycles. The largest absolute Gasteiger partial charge is 0.465 e. The Balaban J connectivity index is 1.44. The van der Waals surface area contributed by atoms with Gasteiger partial charge in [-0.15, -0.1) is 10.2 Å². The Morgan fingerprint density at radius 3 is 2.26 bits per heavy atom. The topological polar surface area (TPSA) is 81.2 Å². The molecule has 3 rings (SSSR count). The Morgan fingerprint density at radius 1 is 1.00 bits per heavy atom. The van der Waals surface area contributed by atoms with Gasteiger partial charge in [-0.25, -0.2) is 4.79 Å². The minimum absolute atomic E-state index is 0.148. The number of nitrogens with zero attached hydrogens (tertiary/aromatic N) is 2. The van der Waals surface area contributed by atoms with Gasteiger partial charge in [0.05, 0.1) is 18.4 Å². The lowest BCUT2D eigenvalue weighted by molar-refractivity contribution is -0.113. The summed E-state index contributed by atoms with van der Waals surface area (Å²) in [5, 5.41) is 11.2. The monoisotopic (exact) mass is 473 g/mol. The normalized spacial score (nSPS) is 10.8. The summed E-state index contributed by atoms with van der Waals surface area (Å²) in [4.78, 5) is 23.6. The van der Waals surface area contributed by atoms with Crippen LogP contribution in [0.1, 0.15) is 41.3 Å². The van der Waals surface area contributed by atoms with Crippen molar-refractivity contribution in [3.63, 3.8) is 0 Å². The maximum Gasteiger partial charge on any atom is 0.337 e. The number of aromatic nitrogens is 2. The number of hydrogen-bond acceptors (Lipinski definition) is 8. The molecular weight excluding hydrogens is 450 g/mol. The molecular formula is C22H23N3O3S3. The number of thioether (sulfide) groups is 2. The van der Waals surface area contributed by atoms with E-state index < -0.39 is 5.97 Å². The SMILES string of the molecule is COC(=O)c1ccc(NC(=O)CSc2nnc(SCc3ccc(C(C)C)cc3)s2)cc1. The maximum absolute atomic E-state index is 12.2. The zero-order valence-corrected chi connectivity index (χ0v) is 19.9. The van der Waals surface area contributed by atoms with Crippen LogP contribution in [-0.4, -0.2) is 34.9 Å². The number of esters is 1. The molecule has 0 bridgehead atoms. The molecule has 0 fully saturated rings. The van der Waals surface area contributed by atoms with Crippen molar-refractivity contribution in [2.75, 3.05) is 18.2 Å². The van der Waals surface area contributed by atoms with Crippen molar-refractivity contribution in [2.45, 2.75) is 34.2 Å². The van der Waals surface area contributed by atoms with Crippen LogP contribution >= 0.6 is 34.9 Å². The minimum atomic E-state index is -0.411. The van der Waals surface area contributed by atoms with E-state index in [1.807, 2.05) is 0 Å². The number of ether oxygens (including phenoxy) is 1. The van der Waals surface area contributed by atoms with Gasteiger partial charge in [-0.05, 0) is 41.3 Å². The van der Waals surface area contributed by atoms with Gasteiger partial charge in [-0.2, -0.15) is 0 Å². The van der Waals surface area contributed by atoms with Gasteiger partial charge < -0.3 is 10.1 Å². The van der Waals surface area contributed by atoms with Crippen LogP contribution in [0.3, 0.4) is 0 Å². The summed E-state index contributed by atoms with van der Waals surface area (Å²) in [6.07, 6.45) is 0. The van der Waals surface area contributed by atoms with Gasteiger partial charge in [0.15, 0.2) is 8.68 Å². The third kappa shape index (κ3) is 7.09. The first-order valence-corrected chi connectivity index (χ1v) is 12.4. The van der Waals surface area contributed by atoms with Crippen LogP contribution in [-0.2, 0) is 15.3 Å². The average Bonchev–Trinajstić information content (AvgIpc) is 3.24. The van der Waals surface area contributed by atoms with Crippen LogP contribution in [0.4, 0.5) is 5.69 Å². The lowest BCUT2D eigenvalue weighted by atomic mass is 10.0. The van der Waals surface area contributed by atoms with E-state index in [0.29, 0.717) is 17.2 Å². The van der Waals surface area contributed by atoms with Crippen LogP contribution in [0.25, 0.3) is 0 Å². The van der Waals surface area contributed by atoms with Crippen molar-refractivity contribution in [1.29, 1.82) is 0 Å². The summed E-state index contributed by atoms with van der Waals surface area (Å²) in [5.74, 6) is 1.03. The molecule has 9 heteroatoms. The summed E-state index contributed by atoms with van der Waals surface area (Å²) < 4.78 is 6.30. The number of methoxy groups -OCH3 is 1. The fraction of sp³-hybridized carbons (Fsp3) is 0.273. The van der Waals surface area contributed by atoms with Crippen LogP contribution in [0, 0.1) is 0 Å². The molecule has 0 saturated carbocycles. The molecule has 0 saturated heterocycles. The molecule has 0 unspecified atom stereocenters. The van der Waals surface area contributed by atoms with Crippen LogP contribution < -0.4 is 5.32 Å². The van der Waals surface area contributed by atoms with Gasteiger partial charge in [-0.1, -0.05) is 73.0 Å². The summed E-state index contributed by atoms with van der Waals surface area (Å²) in [7, 11) is 1.33. The molecule has 1 N–H and O–H groups in total. The highest BCUT2D eigenvalue weighted by Gasteiger charge is 2.10. The molecule has 0 radical (unpaired) electrons. The summed E-state index contributed by atoms with van der Waals surface area (Å²) in [5.41, 5.74) is 3.64. The molecule has 162 valence electrons. The van der Waals surface area contributed by atoms with Gasteiger partial charge in [0.25, 0.3) is 0 Å². The first-order valence-electron chi connectivity index (χ1n) is 9.60. The second kappa shape index (κ2) is 11.3. The van der Waals surface area contributed by atoms with E-state index in [0.717, 1.165) is 14.4 Å². The standard InChI is InChI=1S/C22H23N3O3S3/c1-14(2)16-6-4-15(5-7-16)12-29-21-24-25-22(31-21)30-13-19(26)23-18-10-8-17(9-11-18)20(27)28-3/h4-11,14H,12-13H2,1-3H3,(H,23,26). The van der Waals surface area contributed by atoms with E-state index in [4.69, 9.17) is 0 Å². The summed E-state index contributed by atoms with van der Waals surface area (Å²) in [6.45, 7) is 4.37. The summed E-state index contributed by atoms with van der Waals surface area (Å²) in [6, 6.07) is 15.2. The minimum Gasteiger partial charge on any atom is -0.465 e. The van der Waals surface area contributed by atoms with Crippen LogP contribution in [0.15, 0.2) is 57.2 Å². The van der Waals surface area contributed by atoms with E-state index in [1.54, 1.807) is 36.0 Å². The first kappa shape index (κ1) is 23.3. The second-order valence-corrected chi connectivity index (χ2v) is 10.3. The number of carbonyl (C=O) groups is 2. The zero-order valence-electron chi connectivity index (χ0n) is 17.5. The molecule has 2 aromatic carbocycles. The van der Waals surface area contributed by atoms with E-state index in [1.165, 1.54) is 41.3 Å².